The molecule has 0 amide bonds. The molecule has 1 aromatic heterocycles. The lowest BCUT2D eigenvalue weighted by Crippen LogP contribution is -2.61. The van der Waals surface area contributed by atoms with Gasteiger partial charge in [0.2, 0.25) is 0 Å². The minimum absolute atomic E-state index is 0.0974. The highest BCUT2D eigenvalue weighted by molar-refractivity contribution is 7.00. The first-order chi connectivity index (χ1) is 43.4. The third-order valence-corrected chi connectivity index (χ3v) is 20.2. The van der Waals surface area contributed by atoms with Gasteiger partial charge in [-0.25, -0.2) is 0 Å². The molecule has 3 nitrogen and oxygen atoms in total. The van der Waals surface area contributed by atoms with Crippen LogP contribution in [-0.4, -0.2) is 6.71 Å². The number of hydrogen-bond acceptors (Lipinski definition) is 3. The number of nitrogens with zero attached hydrogens (tertiary/aromatic N) is 2. The summed E-state index contributed by atoms with van der Waals surface area (Å²) in [6, 6.07) is 98.9. The fourth-order valence-electron chi connectivity index (χ4n) is 15.5. The smallest absolute Gasteiger partial charge is 0.252 e. The van der Waals surface area contributed by atoms with Gasteiger partial charge in [0.25, 0.3) is 6.71 Å². The van der Waals surface area contributed by atoms with Crippen LogP contribution in [0.2, 0.25) is 0 Å². The summed E-state index contributed by atoms with van der Waals surface area (Å²) in [6.45, 7) is 23.5. The quantitative estimate of drug-likeness (QED) is 0.148. The van der Waals surface area contributed by atoms with Gasteiger partial charge in [-0.1, -0.05) is 263 Å². The zero-order valence-corrected chi connectivity index (χ0v) is 53.2. The van der Waals surface area contributed by atoms with E-state index in [0.717, 1.165) is 67.2 Å². The maximum Gasteiger partial charge on any atom is 0.252 e. The molecule has 0 atom stereocenters. The van der Waals surface area contributed by atoms with Gasteiger partial charge in [0.05, 0.1) is 11.4 Å². The van der Waals surface area contributed by atoms with E-state index in [9.17, 15) is 0 Å². The third kappa shape index (κ3) is 8.69. The van der Waals surface area contributed by atoms with Crippen molar-refractivity contribution in [3.8, 4) is 55.6 Å². The van der Waals surface area contributed by atoms with Crippen molar-refractivity contribution in [2.24, 2.45) is 0 Å². The standard InChI is InChI=1S/C86H73BN2O/c1-83(2,3)61-40-44-73(65(52-61)55-27-16-12-17-28-55)88-75-42-37-58(54-25-14-11-15-26-54)48-71(75)87-72-49-59(63-32-24-35-70-81(63)86(9,10)69-34-22-21-33-68(69)85(70,7)8)38-43-76(72)89(74-45-41-62(84(4,5)6)53-66(74)56-29-18-13-19-30-56)78-51-60(50-77(88)82(78)87)57-39-46-80-67(47-57)64-31-20-23-36-79(64)90-80/h11-53H,1-10H3. The molecule has 3 heterocycles. The molecule has 1 aliphatic carbocycles. The van der Waals surface area contributed by atoms with E-state index in [1.54, 1.807) is 0 Å². The maximum absolute atomic E-state index is 6.54. The van der Waals surface area contributed by atoms with E-state index >= 15 is 0 Å². The molecule has 0 saturated heterocycles. The molecule has 0 saturated carbocycles. The average molecular weight is 1160 g/mol. The van der Waals surface area contributed by atoms with Crippen molar-refractivity contribution in [3.63, 3.8) is 0 Å². The summed E-state index contributed by atoms with van der Waals surface area (Å²) in [5.74, 6) is 0. The molecule has 4 heteroatoms. The summed E-state index contributed by atoms with van der Waals surface area (Å²) in [7, 11) is 0. The predicted octanol–water partition coefficient (Wildman–Crippen LogP) is 21.6. The number of furan rings is 1. The predicted molar refractivity (Wildman–Crippen MR) is 383 cm³/mol. The molecular formula is C86H73BN2O. The Morgan fingerprint density at radius 1 is 0.311 bits per heavy atom. The van der Waals surface area contributed by atoms with Crippen LogP contribution in [0.4, 0.5) is 34.1 Å². The number of anilines is 6. The third-order valence-electron chi connectivity index (χ3n) is 20.2. The van der Waals surface area contributed by atoms with Crippen molar-refractivity contribution < 1.29 is 4.42 Å². The number of para-hydroxylation sites is 1. The summed E-state index contributed by atoms with van der Waals surface area (Å²) < 4.78 is 6.54. The lowest BCUT2D eigenvalue weighted by Gasteiger charge is -2.46. The zero-order valence-electron chi connectivity index (χ0n) is 53.2. The molecule has 13 aromatic rings. The molecule has 2 aliphatic heterocycles. The summed E-state index contributed by atoms with van der Waals surface area (Å²) in [6.07, 6.45) is 0. The minimum atomic E-state index is -0.275. The first-order valence-electron chi connectivity index (χ1n) is 32.1. The van der Waals surface area contributed by atoms with Crippen LogP contribution in [0, 0.1) is 0 Å². The van der Waals surface area contributed by atoms with Crippen LogP contribution < -0.4 is 26.2 Å². The van der Waals surface area contributed by atoms with E-state index in [-0.39, 0.29) is 28.4 Å². The highest BCUT2D eigenvalue weighted by atomic mass is 16.3. The van der Waals surface area contributed by atoms with Crippen LogP contribution in [0.5, 0.6) is 0 Å². The molecule has 0 spiro atoms. The van der Waals surface area contributed by atoms with Crippen LogP contribution in [0.25, 0.3) is 77.6 Å². The Kier molecular flexibility index (Phi) is 12.5. The SMILES string of the molecule is CC(C)(C)c1ccc(N2c3ccc(-c4ccccc4)cc3B3c4cc(-c5cccc6c5C(C)(C)c5ccccc5C6(C)C)ccc4N(c4ccc(C(C)(C)C)cc4-c4ccccc4)c4cc(-c5ccc6oc7ccccc7c6c5)cc2c43)c(-c2ccccc2)c1. The van der Waals surface area contributed by atoms with Crippen LogP contribution in [0.3, 0.4) is 0 Å². The largest absolute Gasteiger partial charge is 0.456 e. The monoisotopic (exact) mass is 1160 g/mol. The Hall–Kier alpha value is -9.90. The first-order valence-corrected chi connectivity index (χ1v) is 32.1. The Labute approximate surface area is 531 Å². The Morgan fingerprint density at radius 3 is 1.34 bits per heavy atom. The number of hydrogen-bond donors (Lipinski definition) is 0. The number of benzene rings is 12. The molecule has 0 radical (unpaired) electrons. The molecule has 0 fully saturated rings. The van der Waals surface area contributed by atoms with Gasteiger partial charge in [0, 0.05) is 55.5 Å². The van der Waals surface area contributed by atoms with Crippen LogP contribution in [-0.2, 0) is 21.7 Å². The second-order valence-corrected chi connectivity index (χ2v) is 28.5. The average Bonchev–Trinajstić information content (AvgIpc) is 0.796. The Balaban J connectivity index is 1.05. The fraction of sp³-hybridized carbons (Fsp3) is 0.163. The van der Waals surface area contributed by atoms with Gasteiger partial charge >= 0.3 is 0 Å². The van der Waals surface area contributed by atoms with Crippen LogP contribution in [0.1, 0.15) is 103 Å². The number of rotatable bonds is 7. The van der Waals surface area contributed by atoms with Crippen LogP contribution >= 0.6 is 0 Å². The van der Waals surface area contributed by atoms with Gasteiger partial charge in [0.15, 0.2) is 0 Å². The lowest BCUT2D eigenvalue weighted by atomic mass is 9.33. The topological polar surface area (TPSA) is 19.6 Å². The lowest BCUT2D eigenvalue weighted by molar-refractivity contribution is 0.522. The van der Waals surface area contributed by atoms with Crippen LogP contribution in [0.15, 0.2) is 265 Å². The highest BCUT2D eigenvalue weighted by Gasteiger charge is 2.47. The van der Waals surface area contributed by atoms with E-state index in [2.05, 4.69) is 340 Å². The van der Waals surface area contributed by atoms with Gasteiger partial charge in [-0.15, -0.1) is 0 Å². The van der Waals surface area contributed by atoms with Crippen molar-refractivity contribution in [2.75, 3.05) is 9.80 Å². The first kappa shape index (κ1) is 55.4. The molecule has 0 bridgehead atoms. The molecular weight excluding hydrogens is 1090 g/mol. The number of fused-ring (bicyclic) bond motifs is 9. The van der Waals surface area contributed by atoms with Gasteiger partial charge < -0.3 is 14.2 Å². The normalized spacial score (nSPS) is 14.4. The maximum atomic E-state index is 6.54. The van der Waals surface area contributed by atoms with E-state index in [0.29, 0.717) is 0 Å². The van der Waals surface area contributed by atoms with E-state index < -0.39 is 0 Å². The summed E-state index contributed by atoms with van der Waals surface area (Å²) in [4.78, 5) is 5.28. The Bertz CT molecular complexity index is 5020. The minimum Gasteiger partial charge on any atom is -0.456 e. The Morgan fingerprint density at radius 2 is 0.767 bits per heavy atom. The highest BCUT2D eigenvalue weighted by Crippen LogP contribution is 2.55. The van der Waals surface area contributed by atoms with Crippen molar-refractivity contribution in [3.05, 3.63) is 294 Å². The molecule has 0 N–H and O–H groups in total. The van der Waals surface area contributed by atoms with Crippen molar-refractivity contribution in [2.45, 2.75) is 90.9 Å². The molecule has 3 aliphatic rings. The summed E-state index contributed by atoms with van der Waals surface area (Å²) >= 11 is 0. The van der Waals surface area contributed by atoms with Gasteiger partial charge in [-0.2, -0.15) is 0 Å². The van der Waals surface area contributed by atoms with E-state index in [1.165, 1.54) is 94.3 Å². The fourth-order valence-corrected chi connectivity index (χ4v) is 15.5. The molecule has 16 rings (SSSR count). The van der Waals surface area contributed by atoms with E-state index in [1.807, 2.05) is 0 Å². The van der Waals surface area contributed by atoms with Crippen molar-refractivity contribution in [1.29, 1.82) is 0 Å². The summed E-state index contributed by atoms with van der Waals surface area (Å²) in [5, 5.41) is 2.21. The zero-order chi connectivity index (χ0) is 61.6. The second-order valence-electron chi connectivity index (χ2n) is 28.5. The van der Waals surface area contributed by atoms with Gasteiger partial charge in [0.1, 0.15) is 11.2 Å². The molecule has 436 valence electrons. The van der Waals surface area contributed by atoms with Gasteiger partial charge in [-0.05, 0) is 172 Å². The summed E-state index contributed by atoms with van der Waals surface area (Å²) in [5.41, 5.74) is 31.7. The van der Waals surface area contributed by atoms with Crippen molar-refractivity contribution in [1.82, 2.24) is 0 Å². The van der Waals surface area contributed by atoms with Crippen molar-refractivity contribution >= 4 is 79.2 Å². The second kappa shape index (κ2) is 20.3. The van der Waals surface area contributed by atoms with E-state index in [4.69, 9.17) is 4.42 Å². The van der Waals surface area contributed by atoms with Gasteiger partial charge in [-0.3, -0.25) is 0 Å². The molecule has 90 heavy (non-hydrogen) atoms. The molecule has 12 aromatic carbocycles. The molecule has 0 unspecified atom stereocenters.